The predicted molar refractivity (Wildman–Crippen MR) is 61.6 cm³/mol. The fraction of sp³-hybridized carbons (Fsp3) is 0.600. The summed E-state index contributed by atoms with van der Waals surface area (Å²) in [6.07, 6.45) is 1.76. The molecule has 0 fully saturated rings. The fourth-order valence-corrected chi connectivity index (χ4v) is 2.11. The lowest BCUT2D eigenvalue weighted by Gasteiger charge is -2.13. The second kappa shape index (κ2) is 5.70. The highest BCUT2D eigenvalue weighted by atomic mass is 32.1. The molecule has 0 aromatic carbocycles. The third-order valence-electron chi connectivity index (χ3n) is 2.02. The lowest BCUT2D eigenvalue weighted by Crippen LogP contribution is -2.17. The number of carboxylic acid groups (broad SMARTS) is 1. The molecular weight excluding hydrogens is 212 g/mol. The van der Waals surface area contributed by atoms with Crippen molar-refractivity contribution in [2.45, 2.75) is 26.2 Å². The molecule has 5 heteroatoms. The van der Waals surface area contributed by atoms with Crippen molar-refractivity contribution in [3.8, 4) is 0 Å². The van der Waals surface area contributed by atoms with Crippen molar-refractivity contribution in [1.29, 1.82) is 0 Å². The van der Waals surface area contributed by atoms with Gasteiger partial charge in [0.05, 0.1) is 12.1 Å². The van der Waals surface area contributed by atoms with E-state index in [4.69, 9.17) is 5.11 Å². The van der Waals surface area contributed by atoms with Gasteiger partial charge in [0.2, 0.25) is 0 Å². The van der Waals surface area contributed by atoms with Crippen molar-refractivity contribution in [2.75, 3.05) is 18.5 Å². The highest BCUT2D eigenvalue weighted by Gasteiger charge is 2.07. The number of hydrogen-bond donors (Lipinski definition) is 1. The number of aromatic nitrogens is 1. The molecule has 4 nitrogen and oxygen atoms in total. The van der Waals surface area contributed by atoms with Gasteiger partial charge in [0.1, 0.15) is 0 Å². The van der Waals surface area contributed by atoms with Crippen LogP contribution in [-0.4, -0.2) is 29.7 Å². The van der Waals surface area contributed by atoms with E-state index in [1.807, 2.05) is 12.4 Å². The van der Waals surface area contributed by atoms with E-state index in [0.717, 1.165) is 23.8 Å². The van der Waals surface area contributed by atoms with Crippen molar-refractivity contribution < 1.29 is 9.90 Å². The maximum atomic E-state index is 10.4. The van der Waals surface area contributed by atoms with Crippen LogP contribution in [-0.2, 0) is 11.2 Å². The highest BCUT2D eigenvalue weighted by molar-refractivity contribution is 7.13. The van der Waals surface area contributed by atoms with Gasteiger partial charge in [0.15, 0.2) is 5.13 Å². The topological polar surface area (TPSA) is 53.4 Å². The average molecular weight is 228 g/mol. The maximum absolute atomic E-state index is 10.4. The molecule has 0 radical (unpaired) electrons. The summed E-state index contributed by atoms with van der Waals surface area (Å²) in [6, 6.07) is 0. The van der Waals surface area contributed by atoms with Gasteiger partial charge in [0.25, 0.3) is 0 Å². The lowest BCUT2D eigenvalue weighted by atomic mass is 10.2. The molecule has 0 aliphatic heterocycles. The summed E-state index contributed by atoms with van der Waals surface area (Å²) in [5, 5.41) is 11.4. The van der Waals surface area contributed by atoms with Gasteiger partial charge in [-0.05, 0) is 6.42 Å². The van der Waals surface area contributed by atoms with Gasteiger partial charge < -0.3 is 10.0 Å². The SMILES string of the molecule is CCCN(C)c1nc(CCC(=O)O)cs1. The molecule has 1 aromatic heterocycles. The molecule has 15 heavy (non-hydrogen) atoms. The Morgan fingerprint density at radius 1 is 1.67 bits per heavy atom. The molecule has 1 N–H and O–H groups in total. The largest absolute Gasteiger partial charge is 0.481 e. The molecule has 84 valence electrons. The molecular formula is C10H16N2O2S. The Labute approximate surface area is 93.6 Å². The van der Waals surface area contributed by atoms with Gasteiger partial charge >= 0.3 is 5.97 Å². The summed E-state index contributed by atoms with van der Waals surface area (Å²) in [5.41, 5.74) is 0.875. The molecule has 0 saturated heterocycles. The van der Waals surface area contributed by atoms with E-state index in [0.29, 0.717) is 6.42 Å². The first-order chi connectivity index (χ1) is 7.13. The molecule has 0 bridgehead atoms. The second-order valence-corrected chi connectivity index (χ2v) is 4.27. The van der Waals surface area contributed by atoms with Crippen molar-refractivity contribution in [3.05, 3.63) is 11.1 Å². The monoisotopic (exact) mass is 228 g/mol. The van der Waals surface area contributed by atoms with Gasteiger partial charge in [-0.25, -0.2) is 4.98 Å². The van der Waals surface area contributed by atoms with Crippen LogP contribution in [0.4, 0.5) is 5.13 Å². The van der Waals surface area contributed by atoms with Crippen molar-refractivity contribution in [1.82, 2.24) is 4.98 Å². The summed E-state index contributed by atoms with van der Waals surface area (Å²) >= 11 is 1.57. The molecule has 0 amide bonds. The standard InChI is InChI=1S/C10H16N2O2S/c1-3-6-12(2)10-11-8(7-15-10)4-5-9(13)14/h7H,3-6H2,1-2H3,(H,13,14). The quantitative estimate of drug-likeness (QED) is 0.809. The summed E-state index contributed by atoms with van der Waals surface area (Å²) in [7, 11) is 2.00. The average Bonchev–Trinajstić information content (AvgIpc) is 2.63. The molecule has 1 aromatic rings. The predicted octanol–water partition coefficient (Wildman–Crippen LogP) is 2.01. The van der Waals surface area contributed by atoms with E-state index in [1.165, 1.54) is 0 Å². The van der Waals surface area contributed by atoms with Crippen LogP contribution in [0.2, 0.25) is 0 Å². The first-order valence-corrected chi connectivity index (χ1v) is 5.88. The smallest absolute Gasteiger partial charge is 0.303 e. The minimum absolute atomic E-state index is 0.153. The first kappa shape index (κ1) is 12.0. The summed E-state index contributed by atoms with van der Waals surface area (Å²) < 4.78 is 0. The second-order valence-electron chi connectivity index (χ2n) is 3.44. The molecule has 0 aliphatic rings. The first-order valence-electron chi connectivity index (χ1n) is 5.00. The van der Waals surface area contributed by atoms with Crippen LogP contribution in [0.25, 0.3) is 0 Å². The van der Waals surface area contributed by atoms with Gasteiger partial charge in [-0.2, -0.15) is 0 Å². The Morgan fingerprint density at radius 2 is 2.40 bits per heavy atom. The third kappa shape index (κ3) is 3.87. The Bertz CT molecular complexity index is 325. The zero-order valence-corrected chi connectivity index (χ0v) is 9.88. The van der Waals surface area contributed by atoms with E-state index < -0.39 is 5.97 Å². The van der Waals surface area contributed by atoms with E-state index in [1.54, 1.807) is 11.3 Å². The Hall–Kier alpha value is -1.10. The molecule has 0 atom stereocenters. The van der Waals surface area contributed by atoms with Crippen LogP contribution in [0.3, 0.4) is 0 Å². The van der Waals surface area contributed by atoms with Crippen LogP contribution in [0, 0.1) is 0 Å². The summed E-state index contributed by atoms with van der Waals surface area (Å²) in [6.45, 7) is 3.10. The minimum atomic E-state index is -0.772. The minimum Gasteiger partial charge on any atom is -0.481 e. The zero-order valence-electron chi connectivity index (χ0n) is 9.06. The Morgan fingerprint density at radius 3 is 3.00 bits per heavy atom. The highest BCUT2D eigenvalue weighted by Crippen LogP contribution is 2.20. The zero-order chi connectivity index (χ0) is 11.3. The van der Waals surface area contributed by atoms with E-state index in [9.17, 15) is 4.79 Å². The molecule has 0 saturated carbocycles. The van der Waals surface area contributed by atoms with E-state index >= 15 is 0 Å². The number of aryl methyl sites for hydroxylation is 1. The maximum Gasteiger partial charge on any atom is 0.303 e. The van der Waals surface area contributed by atoms with Gasteiger partial charge in [-0.1, -0.05) is 6.92 Å². The van der Waals surface area contributed by atoms with Crippen molar-refractivity contribution in [3.63, 3.8) is 0 Å². The molecule has 0 unspecified atom stereocenters. The normalized spacial score (nSPS) is 10.3. The number of carbonyl (C=O) groups is 1. The Balaban J connectivity index is 2.51. The number of anilines is 1. The van der Waals surface area contributed by atoms with Crippen LogP contribution in [0.15, 0.2) is 5.38 Å². The lowest BCUT2D eigenvalue weighted by molar-refractivity contribution is -0.136. The number of aliphatic carboxylic acids is 1. The Kier molecular flexibility index (Phi) is 4.55. The summed E-state index contributed by atoms with van der Waals surface area (Å²) in [4.78, 5) is 16.9. The van der Waals surface area contributed by atoms with Gasteiger partial charge in [0, 0.05) is 25.4 Å². The third-order valence-corrected chi connectivity index (χ3v) is 3.02. The molecule has 0 aliphatic carbocycles. The van der Waals surface area contributed by atoms with E-state index in [-0.39, 0.29) is 6.42 Å². The molecule has 0 spiro atoms. The van der Waals surface area contributed by atoms with Crippen LogP contribution in [0.1, 0.15) is 25.5 Å². The summed E-state index contributed by atoms with van der Waals surface area (Å²) in [5.74, 6) is -0.772. The number of rotatable bonds is 6. The number of thiazole rings is 1. The van der Waals surface area contributed by atoms with Crippen LogP contribution in [0.5, 0.6) is 0 Å². The fourth-order valence-electron chi connectivity index (χ4n) is 1.25. The van der Waals surface area contributed by atoms with Crippen molar-refractivity contribution in [2.24, 2.45) is 0 Å². The number of nitrogens with zero attached hydrogens (tertiary/aromatic N) is 2. The van der Waals surface area contributed by atoms with Crippen LogP contribution >= 0.6 is 11.3 Å². The van der Waals surface area contributed by atoms with Crippen LogP contribution < -0.4 is 4.90 Å². The van der Waals surface area contributed by atoms with Gasteiger partial charge in [-0.15, -0.1) is 11.3 Å². The molecule has 1 rings (SSSR count). The van der Waals surface area contributed by atoms with Crippen molar-refractivity contribution >= 4 is 22.4 Å². The number of hydrogen-bond acceptors (Lipinski definition) is 4. The number of carboxylic acids is 1. The van der Waals surface area contributed by atoms with Gasteiger partial charge in [-0.3, -0.25) is 4.79 Å². The molecule has 1 heterocycles. The van der Waals surface area contributed by atoms with E-state index in [2.05, 4.69) is 16.8 Å².